The van der Waals surface area contributed by atoms with Crippen LogP contribution in [0.4, 0.5) is 0 Å². The maximum atomic E-state index is 12.2. The van der Waals surface area contributed by atoms with Gasteiger partial charge in [0, 0.05) is 38.1 Å². The van der Waals surface area contributed by atoms with Gasteiger partial charge in [0.2, 0.25) is 10.0 Å². The van der Waals surface area contributed by atoms with E-state index in [-0.39, 0.29) is 11.8 Å². The number of sulfonamides is 1. The van der Waals surface area contributed by atoms with E-state index in [0.29, 0.717) is 32.0 Å². The van der Waals surface area contributed by atoms with Gasteiger partial charge in [0.05, 0.1) is 18.0 Å². The number of guanidine groups is 1. The lowest BCUT2D eigenvalue weighted by Gasteiger charge is -2.32. The quantitative estimate of drug-likeness (QED) is 0.561. The molecule has 0 atom stereocenters. The molecule has 9 heteroatoms. The average molecular weight is 407 g/mol. The molecule has 154 valence electrons. The zero-order valence-electron chi connectivity index (χ0n) is 16.9. The molecule has 28 heavy (non-hydrogen) atoms. The first kappa shape index (κ1) is 20.6. The van der Waals surface area contributed by atoms with Crippen molar-refractivity contribution in [2.75, 3.05) is 25.9 Å². The molecule has 0 bridgehead atoms. The lowest BCUT2D eigenvalue weighted by Crippen LogP contribution is -2.49. The predicted molar refractivity (Wildman–Crippen MR) is 112 cm³/mol. The van der Waals surface area contributed by atoms with E-state index >= 15 is 0 Å². The smallest absolute Gasteiger partial charge is 0.214 e. The Hall–Kier alpha value is -2.13. The summed E-state index contributed by atoms with van der Waals surface area (Å²) in [6.45, 7) is 5.64. The first-order valence-corrected chi connectivity index (χ1v) is 11.4. The fourth-order valence-corrected chi connectivity index (χ4v) is 5.05. The molecular formula is C19H30N6O2S. The molecule has 2 aromatic rings. The number of hydrogen-bond acceptors (Lipinski definition) is 4. The van der Waals surface area contributed by atoms with Crippen molar-refractivity contribution in [1.29, 1.82) is 0 Å². The molecule has 1 aliphatic heterocycles. The summed E-state index contributed by atoms with van der Waals surface area (Å²) in [4.78, 5) is 8.92. The van der Waals surface area contributed by atoms with Crippen LogP contribution in [0.3, 0.4) is 0 Å². The lowest BCUT2D eigenvalue weighted by molar-refractivity contribution is 0.306. The molecule has 0 aliphatic carbocycles. The SMILES string of the molecule is CCCS(=O)(=O)N1CCC(NC(=NC)NCc2cn3c(C)cccc3n2)CC1. The van der Waals surface area contributed by atoms with Crippen LogP contribution < -0.4 is 10.6 Å². The van der Waals surface area contributed by atoms with Crippen LogP contribution in [0.15, 0.2) is 29.4 Å². The van der Waals surface area contributed by atoms with Crippen LogP contribution in [0, 0.1) is 6.92 Å². The monoisotopic (exact) mass is 406 g/mol. The van der Waals surface area contributed by atoms with E-state index in [1.807, 2.05) is 25.3 Å². The molecule has 1 fully saturated rings. The number of aliphatic imine (C=N–C) groups is 1. The number of aryl methyl sites for hydroxylation is 1. The summed E-state index contributed by atoms with van der Waals surface area (Å²) in [7, 11) is -1.36. The molecule has 3 rings (SSSR count). The molecule has 1 aliphatic rings. The third-order valence-electron chi connectivity index (χ3n) is 5.06. The van der Waals surface area contributed by atoms with Gasteiger partial charge in [0.15, 0.2) is 5.96 Å². The van der Waals surface area contributed by atoms with Gasteiger partial charge in [-0.2, -0.15) is 0 Å². The highest BCUT2D eigenvalue weighted by atomic mass is 32.2. The van der Waals surface area contributed by atoms with Crippen LogP contribution in [0.25, 0.3) is 5.65 Å². The number of hydrogen-bond donors (Lipinski definition) is 2. The van der Waals surface area contributed by atoms with Gasteiger partial charge in [-0.25, -0.2) is 17.7 Å². The molecule has 2 aromatic heterocycles. The molecular weight excluding hydrogens is 376 g/mol. The number of imidazole rings is 1. The summed E-state index contributed by atoms with van der Waals surface area (Å²) in [6, 6.07) is 6.26. The predicted octanol–water partition coefficient (Wildman–Crippen LogP) is 1.51. The van der Waals surface area contributed by atoms with Crippen LogP contribution in [-0.4, -0.2) is 60.0 Å². The van der Waals surface area contributed by atoms with E-state index in [1.165, 1.54) is 0 Å². The molecule has 1 saturated heterocycles. The summed E-state index contributed by atoms with van der Waals surface area (Å²) in [5.41, 5.74) is 3.02. The van der Waals surface area contributed by atoms with Gasteiger partial charge in [-0.15, -0.1) is 0 Å². The molecule has 0 saturated carbocycles. The Morgan fingerprint density at radius 1 is 1.32 bits per heavy atom. The number of nitrogens with one attached hydrogen (secondary N) is 2. The third kappa shape index (κ3) is 4.82. The van der Waals surface area contributed by atoms with E-state index < -0.39 is 10.0 Å². The van der Waals surface area contributed by atoms with E-state index in [4.69, 9.17) is 0 Å². The van der Waals surface area contributed by atoms with Crippen molar-refractivity contribution in [2.24, 2.45) is 4.99 Å². The van der Waals surface area contributed by atoms with Crippen molar-refractivity contribution in [3.05, 3.63) is 35.8 Å². The third-order valence-corrected chi connectivity index (χ3v) is 7.13. The van der Waals surface area contributed by atoms with Crippen molar-refractivity contribution >= 4 is 21.6 Å². The first-order valence-electron chi connectivity index (χ1n) is 9.81. The minimum atomic E-state index is -3.10. The normalized spacial score (nSPS) is 17.2. The van der Waals surface area contributed by atoms with E-state index in [2.05, 4.69) is 38.0 Å². The van der Waals surface area contributed by atoms with Crippen molar-refractivity contribution in [3.8, 4) is 0 Å². The Kier molecular flexibility index (Phi) is 6.56. The van der Waals surface area contributed by atoms with E-state index in [0.717, 1.165) is 29.9 Å². The maximum Gasteiger partial charge on any atom is 0.214 e. The van der Waals surface area contributed by atoms with Crippen LogP contribution in [-0.2, 0) is 16.6 Å². The van der Waals surface area contributed by atoms with Gasteiger partial charge in [0.1, 0.15) is 5.65 Å². The van der Waals surface area contributed by atoms with Crippen LogP contribution in [0.2, 0.25) is 0 Å². The van der Waals surface area contributed by atoms with Gasteiger partial charge >= 0.3 is 0 Å². The summed E-state index contributed by atoms with van der Waals surface area (Å²) >= 11 is 0. The summed E-state index contributed by atoms with van der Waals surface area (Å²) in [5.74, 6) is 0.941. The minimum Gasteiger partial charge on any atom is -0.354 e. The molecule has 0 unspecified atom stereocenters. The highest BCUT2D eigenvalue weighted by Gasteiger charge is 2.27. The number of nitrogens with zero attached hydrogens (tertiary/aromatic N) is 4. The van der Waals surface area contributed by atoms with Crippen LogP contribution >= 0.6 is 0 Å². The maximum absolute atomic E-state index is 12.2. The van der Waals surface area contributed by atoms with E-state index in [1.54, 1.807) is 11.4 Å². The van der Waals surface area contributed by atoms with Crippen molar-refractivity contribution in [2.45, 2.75) is 45.7 Å². The fourth-order valence-electron chi connectivity index (χ4n) is 3.51. The second-order valence-corrected chi connectivity index (χ2v) is 9.28. The van der Waals surface area contributed by atoms with E-state index in [9.17, 15) is 8.42 Å². The lowest BCUT2D eigenvalue weighted by atomic mass is 10.1. The standard InChI is InChI=1S/C19H30N6O2S/c1-4-12-28(26,27)24-10-8-16(9-11-24)23-19(20-3)21-13-17-14-25-15(2)6-5-7-18(25)22-17/h5-7,14,16H,4,8-13H2,1-3H3,(H2,20,21,23). The Morgan fingerprint density at radius 2 is 2.07 bits per heavy atom. The second-order valence-electron chi connectivity index (χ2n) is 7.19. The van der Waals surface area contributed by atoms with Gasteiger partial charge in [-0.1, -0.05) is 13.0 Å². The fraction of sp³-hybridized carbons (Fsp3) is 0.579. The average Bonchev–Trinajstić information content (AvgIpc) is 3.10. The number of piperidine rings is 1. The minimum absolute atomic E-state index is 0.211. The molecule has 3 heterocycles. The zero-order valence-corrected chi connectivity index (χ0v) is 17.7. The topological polar surface area (TPSA) is 91.1 Å². The Labute approximate surface area is 167 Å². The molecule has 0 amide bonds. The first-order chi connectivity index (χ1) is 13.4. The zero-order chi connectivity index (χ0) is 20.1. The van der Waals surface area contributed by atoms with Gasteiger partial charge in [0.25, 0.3) is 0 Å². The molecule has 0 radical (unpaired) electrons. The Balaban J connectivity index is 1.52. The number of rotatable bonds is 6. The van der Waals surface area contributed by atoms with Crippen molar-refractivity contribution in [3.63, 3.8) is 0 Å². The summed E-state index contributed by atoms with van der Waals surface area (Å²) in [5, 5.41) is 6.71. The molecule has 0 aromatic carbocycles. The largest absolute Gasteiger partial charge is 0.354 e. The summed E-state index contributed by atoms with van der Waals surface area (Å²) in [6.07, 6.45) is 4.23. The molecule has 2 N–H and O–H groups in total. The van der Waals surface area contributed by atoms with Crippen LogP contribution in [0.5, 0.6) is 0 Å². The Morgan fingerprint density at radius 3 is 2.71 bits per heavy atom. The second kappa shape index (κ2) is 8.91. The van der Waals surface area contributed by atoms with Crippen molar-refractivity contribution < 1.29 is 8.42 Å². The molecule has 0 spiro atoms. The number of aromatic nitrogens is 2. The summed E-state index contributed by atoms with van der Waals surface area (Å²) < 4.78 is 28.1. The highest BCUT2D eigenvalue weighted by molar-refractivity contribution is 7.89. The Bertz CT molecular complexity index is 929. The van der Waals surface area contributed by atoms with Crippen LogP contribution in [0.1, 0.15) is 37.6 Å². The van der Waals surface area contributed by atoms with Gasteiger partial charge in [-0.3, -0.25) is 4.99 Å². The van der Waals surface area contributed by atoms with Gasteiger partial charge in [-0.05, 0) is 38.3 Å². The number of fused-ring (bicyclic) bond motifs is 1. The van der Waals surface area contributed by atoms with Gasteiger partial charge < -0.3 is 15.0 Å². The molecule has 8 nitrogen and oxygen atoms in total. The highest BCUT2D eigenvalue weighted by Crippen LogP contribution is 2.15. The number of pyridine rings is 1. The van der Waals surface area contributed by atoms with Crippen molar-refractivity contribution in [1.82, 2.24) is 24.3 Å².